The Morgan fingerprint density at radius 1 is 1.14 bits per heavy atom. The second-order valence-electron chi connectivity index (χ2n) is 6.97. The fourth-order valence-electron chi connectivity index (χ4n) is 3.67. The maximum absolute atomic E-state index is 12.2. The Hall–Kier alpha value is -3.34. The van der Waals surface area contributed by atoms with Crippen molar-refractivity contribution in [2.75, 3.05) is 6.61 Å². The number of hydrogen-bond acceptors (Lipinski definition) is 5. The standard InChI is InChI=1S/C24H22O5/c1-2-27-21-9-4-3-6-16(21)10-11-23(25)28-15-19-14-24(26)29-22-13-18-8-5-7-17(18)12-20(19)22/h3-4,6,9-14H,2,5,7-8,15H2,1H3/b11-10+. The molecule has 4 rings (SSSR count). The highest BCUT2D eigenvalue weighted by atomic mass is 16.5. The van der Waals surface area contributed by atoms with E-state index < -0.39 is 11.6 Å². The number of ether oxygens (including phenoxy) is 2. The predicted molar refractivity (Wildman–Crippen MR) is 111 cm³/mol. The van der Waals surface area contributed by atoms with Crippen LogP contribution in [0.2, 0.25) is 0 Å². The molecule has 0 radical (unpaired) electrons. The van der Waals surface area contributed by atoms with E-state index in [4.69, 9.17) is 13.9 Å². The molecule has 29 heavy (non-hydrogen) atoms. The Morgan fingerprint density at radius 3 is 2.76 bits per heavy atom. The zero-order valence-corrected chi connectivity index (χ0v) is 16.3. The lowest BCUT2D eigenvalue weighted by atomic mass is 10.0. The zero-order valence-electron chi connectivity index (χ0n) is 16.3. The monoisotopic (exact) mass is 390 g/mol. The molecule has 1 aliphatic rings. The average Bonchev–Trinajstić information content (AvgIpc) is 3.17. The summed E-state index contributed by atoms with van der Waals surface area (Å²) in [5.41, 5.74) is 4.06. The van der Waals surface area contributed by atoms with Crippen LogP contribution in [0.5, 0.6) is 5.75 Å². The Labute approximate surface area is 168 Å². The molecule has 2 aromatic carbocycles. The van der Waals surface area contributed by atoms with E-state index in [0.717, 1.165) is 30.2 Å². The van der Waals surface area contributed by atoms with E-state index in [2.05, 4.69) is 6.07 Å². The number of para-hydroxylation sites is 1. The molecular formula is C24H22O5. The highest BCUT2D eigenvalue weighted by molar-refractivity contribution is 5.88. The SMILES string of the molecule is CCOc1ccccc1/C=C/C(=O)OCc1cc(=O)oc2cc3c(cc12)CCC3. The molecular weight excluding hydrogens is 368 g/mol. The molecule has 0 spiro atoms. The van der Waals surface area contributed by atoms with Gasteiger partial charge in [0.15, 0.2) is 0 Å². The fraction of sp³-hybridized carbons (Fsp3) is 0.250. The first kappa shape index (κ1) is 19.0. The molecule has 0 saturated heterocycles. The number of aryl methyl sites for hydroxylation is 2. The van der Waals surface area contributed by atoms with Crippen molar-refractivity contribution >= 4 is 23.0 Å². The van der Waals surface area contributed by atoms with Crippen molar-refractivity contribution in [2.45, 2.75) is 32.8 Å². The molecule has 0 amide bonds. The number of fused-ring (bicyclic) bond motifs is 2. The first-order valence-corrected chi connectivity index (χ1v) is 9.79. The third-order valence-electron chi connectivity index (χ3n) is 5.03. The third kappa shape index (κ3) is 4.24. The summed E-state index contributed by atoms with van der Waals surface area (Å²) in [7, 11) is 0. The molecule has 3 aromatic rings. The minimum atomic E-state index is -0.487. The van der Waals surface area contributed by atoms with Gasteiger partial charge in [-0.15, -0.1) is 0 Å². The van der Waals surface area contributed by atoms with Gasteiger partial charge in [0.25, 0.3) is 0 Å². The van der Waals surface area contributed by atoms with Gasteiger partial charge in [-0.3, -0.25) is 0 Å². The summed E-state index contributed by atoms with van der Waals surface area (Å²) in [6.45, 7) is 2.46. The van der Waals surface area contributed by atoms with E-state index in [1.165, 1.54) is 23.3 Å². The molecule has 0 aliphatic heterocycles. The Morgan fingerprint density at radius 2 is 1.93 bits per heavy atom. The summed E-state index contributed by atoms with van der Waals surface area (Å²) in [6, 6.07) is 12.9. The van der Waals surface area contributed by atoms with Crippen molar-refractivity contribution in [3.05, 3.63) is 81.2 Å². The third-order valence-corrected chi connectivity index (χ3v) is 5.03. The van der Waals surface area contributed by atoms with Gasteiger partial charge in [-0.25, -0.2) is 9.59 Å². The number of carbonyl (C=O) groups excluding carboxylic acids is 1. The normalized spacial score (nSPS) is 13.0. The first-order valence-electron chi connectivity index (χ1n) is 9.79. The van der Waals surface area contributed by atoms with Crippen LogP contribution < -0.4 is 10.4 Å². The number of rotatable bonds is 6. The summed E-state index contributed by atoms with van der Waals surface area (Å²) < 4.78 is 16.3. The quantitative estimate of drug-likeness (QED) is 0.354. The number of esters is 1. The summed E-state index contributed by atoms with van der Waals surface area (Å²) in [4.78, 5) is 24.1. The van der Waals surface area contributed by atoms with Crippen molar-refractivity contribution in [3.8, 4) is 5.75 Å². The van der Waals surface area contributed by atoms with Crippen molar-refractivity contribution in [2.24, 2.45) is 0 Å². The smallest absolute Gasteiger partial charge is 0.336 e. The predicted octanol–water partition coefficient (Wildman–Crippen LogP) is 4.44. The average molecular weight is 390 g/mol. The van der Waals surface area contributed by atoms with Crippen LogP contribution in [0.15, 0.2) is 57.8 Å². The van der Waals surface area contributed by atoms with Gasteiger partial charge < -0.3 is 13.9 Å². The van der Waals surface area contributed by atoms with Crippen LogP contribution in [0.1, 0.15) is 35.6 Å². The maximum Gasteiger partial charge on any atom is 0.336 e. The van der Waals surface area contributed by atoms with Crippen LogP contribution in [0.4, 0.5) is 0 Å². The van der Waals surface area contributed by atoms with E-state index in [-0.39, 0.29) is 6.61 Å². The fourth-order valence-corrected chi connectivity index (χ4v) is 3.67. The molecule has 0 bridgehead atoms. The Kier molecular flexibility index (Phi) is 5.47. The van der Waals surface area contributed by atoms with Crippen molar-refractivity contribution < 1.29 is 18.7 Å². The lowest BCUT2D eigenvalue weighted by Gasteiger charge is -2.08. The van der Waals surface area contributed by atoms with Gasteiger partial charge in [0.05, 0.1) is 6.61 Å². The molecule has 0 atom stereocenters. The van der Waals surface area contributed by atoms with E-state index in [1.807, 2.05) is 37.3 Å². The lowest BCUT2D eigenvalue weighted by Crippen LogP contribution is -2.06. The van der Waals surface area contributed by atoms with E-state index in [0.29, 0.717) is 23.5 Å². The molecule has 5 nitrogen and oxygen atoms in total. The Bertz CT molecular complexity index is 1140. The van der Waals surface area contributed by atoms with Crippen LogP contribution in [-0.4, -0.2) is 12.6 Å². The molecule has 1 aromatic heterocycles. The Balaban J connectivity index is 1.51. The minimum absolute atomic E-state index is 0.0111. The summed E-state index contributed by atoms with van der Waals surface area (Å²) in [6.07, 6.45) is 6.16. The molecule has 1 aliphatic carbocycles. The minimum Gasteiger partial charge on any atom is -0.493 e. The van der Waals surface area contributed by atoms with Gasteiger partial charge in [0.2, 0.25) is 0 Å². The maximum atomic E-state index is 12.2. The second-order valence-corrected chi connectivity index (χ2v) is 6.97. The number of carbonyl (C=O) groups is 1. The van der Waals surface area contributed by atoms with Gasteiger partial charge in [0.1, 0.15) is 17.9 Å². The number of benzene rings is 2. The second kappa shape index (κ2) is 8.35. The van der Waals surface area contributed by atoms with Crippen LogP contribution in [-0.2, 0) is 29.0 Å². The van der Waals surface area contributed by atoms with Gasteiger partial charge in [-0.1, -0.05) is 18.2 Å². The molecule has 1 heterocycles. The largest absolute Gasteiger partial charge is 0.493 e. The van der Waals surface area contributed by atoms with Crippen LogP contribution in [0.3, 0.4) is 0 Å². The molecule has 0 N–H and O–H groups in total. The van der Waals surface area contributed by atoms with Crippen molar-refractivity contribution in [1.29, 1.82) is 0 Å². The zero-order chi connectivity index (χ0) is 20.2. The first-order chi connectivity index (χ1) is 14.1. The van der Waals surface area contributed by atoms with Crippen molar-refractivity contribution in [1.82, 2.24) is 0 Å². The number of hydrogen-bond donors (Lipinski definition) is 0. The van der Waals surface area contributed by atoms with Crippen LogP contribution in [0.25, 0.3) is 17.0 Å². The van der Waals surface area contributed by atoms with Gasteiger partial charge in [-0.2, -0.15) is 0 Å². The molecule has 148 valence electrons. The van der Waals surface area contributed by atoms with E-state index >= 15 is 0 Å². The molecule has 5 heteroatoms. The summed E-state index contributed by atoms with van der Waals surface area (Å²) in [5, 5.41) is 0.823. The van der Waals surface area contributed by atoms with Crippen molar-refractivity contribution in [3.63, 3.8) is 0 Å². The van der Waals surface area contributed by atoms with Gasteiger partial charge in [0, 0.05) is 28.7 Å². The highest BCUT2D eigenvalue weighted by Gasteiger charge is 2.15. The lowest BCUT2D eigenvalue weighted by molar-refractivity contribution is -0.138. The highest BCUT2D eigenvalue weighted by Crippen LogP contribution is 2.28. The molecule has 0 unspecified atom stereocenters. The van der Waals surface area contributed by atoms with Crippen LogP contribution >= 0.6 is 0 Å². The van der Waals surface area contributed by atoms with Crippen LogP contribution in [0, 0.1) is 0 Å². The van der Waals surface area contributed by atoms with Gasteiger partial charge in [-0.05, 0) is 61.6 Å². The van der Waals surface area contributed by atoms with Gasteiger partial charge >= 0.3 is 11.6 Å². The van der Waals surface area contributed by atoms with E-state index in [9.17, 15) is 9.59 Å². The van der Waals surface area contributed by atoms with E-state index in [1.54, 1.807) is 6.08 Å². The molecule has 0 fully saturated rings. The molecule has 0 saturated carbocycles. The summed E-state index contributed by atoms with van der Waals surface area (Å²) in [5.74, 6) is 0.221. The topological polar surface area (TPSA) is 65.7 Å². The summed E-state index contributed by atoms with van der Waals surface area (Å²) >= 11 is 0.